The Hall–Kier alpha value is -2.61. The first-order valence-corrected chi connectivity index (χ1v) is 12.0. The number of amides is 1. The zero-order valence-electron chi connectivity index (χ0n) is 17.5. The minimum Gasteiger partial charge on any atom is -0.325 e. The van der Waals surface area contributed by atoms with E-state index in [0.717, 1.165) is 32.5 Å². The van der Waals surface area contributed by atoms with Crippen molar-refractivity contribution in [2.45, 2.75) is 19.0 Å². The van der Waals surface area contributed by atoms with Gasteiger partial charge in [-0.2, -0.15) is 0 Å². The Morgan fingerprint density at radius 2 is 1.84 bits per heavy atom. The summed E-state index contributed by atoms with van der Waals surface area (Å²) in [6, 6.07) is 21.3. The number of thioether (sulfide) groups is 1. The average molecular weight is 528 g/mol. The van der Waals surface area contributed by atoms with E-state index in [4.69, 9.17) is 11.6 Å². The van der Waals surface area contributed by atoms with Crippen LogP contribution in [0.1, 0.15) is 11.1 Å². The van der Waals surface area contributed by atoms with Crippen LogP contribution in [0.4, 0.5) is 5.69 Å². The van der Waals surface area contributed by atoms with Crippen molar-refractivity contribution >= 4 is 50.9 Å². The number of nitrogens with zero attached hydrogens (tertiary/aromatic N) is 3. The van der Waals surface area contributed by atoms with Gasteiger partial charge < -0.3 is 5.32 Å². The maximum atomic E-state index is 12.6. The number of halogens is 2. The standard InChI is InChI=1S/C24H20BrClN4OS/c1-15-4-3-5-17(12-15)23-28-29-24(30(23)20-9-7-19(26)8-10-20)32-14-22(31)27-21-11-6-18(25)13-16(21)2/h3-13H,14H2,1-2H3,(H,27,31). The molecule has 0 atom stereocenters. The predicted octanol–water partition coefficient (Wildman–Crippen LogP) is 6.70. The maximum absolute atomic E-state index is 12.6. The zero-order chi connectivity index (χ0) is 22.7. The Balaban J connectivity index is 1.60. The molecule has 0 aliphatic heterocycles. The van der Waals surface area contributed by atoms with Crippen molar-refractivity contribution in [2.24, 2.45) is 0 Å². The van der Waals surface area contributed by atoms with Crippen molar-refractivity contribution in [3.05, 3.63) is 87.4 Å². The fourth-order valence-electron chi connectivity index (χ4n) is 3.24. The molecule has 1 amide bonds. The summed E-state index contributed by atoms with van der Waals surface area (Å²) in [5.74, 6) is 0.806. The first-order chi connectivity index (χ1) is 15.4. The van der Waals surface area contributed by atoms with Crippen molar-refractivity contribution in [1.82, 2.24) is 14.8 Å². The molecule has 4 rings (SSSR count). The summed E-state index contributed by atoms with van der Waals surface area (Å²) in [7, 11) is 0. The van der Waals surface area contributed by atoms with Gasteiger partial charge in [0.2, 0.25) is 5.91 Å². The lowest BCUT2D eigenvalue weighted by molar-refractivity contribution is -0.113. The quantitative estimate of drug-likeness (QED) is 0.284. The highest BCUT2D eigenvalue weighted by molar-refractivity contribution is 9.10. The summed E-state index contributed by atoms with van der Waals surface area (Å²) < 4.78 is 2.93. The lowest BCUT2D eigenvalue weighted by Crippen LogP contribution is -2.15. The molecular weight excluding hydrogens is 508 g/mol. The van der Waals surface area contributed by atoms with Gasteiger partial charge >= 0.3 is 0 Å². The van der Waals surface area contributed by atoms with E-state index in [2.05, 4.69) is 37.5 Å². The molecule has 1 aromatic heterocycles. The normalized spacial score (nSPS) is 10.9. The molecule has 0 aliphatic carbocycles. The van der Waals surface area contributed by atoms with Crippen molar-refractivity contribution in [2.75, 3.05) is 11.1 Å². The van der Waals surface area contributed by atoms with Crippen LogP contribution in [0.2, 0.25) is 5.02 Å². The molecule has 0 bridgehead atoms. The molecule has 4 aromatic rings. The Bertz CT molecular complexity index is 1270. The molecule has 1 heterocycles. The maximum Gasteiger partial charge on any atom is 0.234 e. The van der Waals surface area contributed by atoms with Crippen LogP contribution < -0.4 is 5.32 Å². The minimum absolute atomic E-state index is 0.108. The molecule has 0 spiro atoms. The van der Waals surface area contributed by atoms with Gasteiger partial charge in [0, 0.05) is 26.4 Å². The molecular formula is C24H20BrClN4OS. The summed E-state index contributed by atoms with van der Waals surface area (Å²) >= 11 is 10.9. The highest BCUT2D eigenvalue weighted by Gasteiger charge is 2.18. The highest BCUT2D eigenvalue weighted by Crippen LogP contribution is 2.29. The highest BCUT2D eigenvalue weighted by atomic mass is 79.9. The first kappa shape index (κ1) is 22.6. The van der Waals surface area contributed by atoms with Crippen molar-refractivity contribution < 1.29 is 4.79 Å². The van der Waals surface area contributed by atoms with E-state index >= 15 is 0 Å². The van der Waals surface area contributed by atoms with Gasteiger partial charge in [-0.15, -0.1) is 10.2 Å². The van der Waals surface area contributed by atoms with Gasteiger partial charge in [0.05, 0.1) is 5.75 Å². The Morgan fingerprint density at radius 1 is 1.06 bits per heavy atom. The number of hydrogen-bond acceptors (Lipinski definition) is 4. The third kappa shape index (κ3) is 5.23. The van der Waals surface area contributed by atoms with Crippen LogP contribution in [0.15, 0.2) is 76.4 Å². The average Bonchev–Trinajstić information content (AvgIpc) is 3.19. The Morgan fingerprint density at radius 3 is 2.56 bits per heavy atom. The monoisotopic (exact) mass is 526 g/mol. The van der Waals surface area contributed by atoms with E-state index in [-0.39, 0.29) is 11.7 Å². The Labute approximate surface area is 204 Å². The van der Waals surface area contributed by atoms with E-state index < -0.39 is 0 Å². The van der Waals surface area contributed by atoms with Crippen LogP contribution in [0.5, 0.6) is 0 Å². The zero-order valence-corrected chi connectivity index (χ0v) is 20.6. The second kappa shape index (κ2) is 9.90. The smallest absolute Gasteiger partial charge is 0.234 e. The van der Waals surface area contributed by atoms with Gasteiger partial charge in [-0.3, -0.25) is 9.36 Å². The van der Waals surface area contributed by atoms with E-state index in [1.165, 1.54) is 11.8 Å². The number of carbonyl (C=O) groups excluding carboxylic acids is 1. The molecule has 0 saturated carbocycles. The van der Waals surface area contributed by atoms with Crippen molar-refractivity contribution in [1.29, 1.82) is 0 Å². The van der Waals surface area contributed by atoms with E-state index in [0.29, 0.717) is 16.0 Å². The number of benzene rings is 3. The number of hydrogen-bond donors (Lipinski definition) is 1. The second-order valence-electron chi connectivity index (χ2n) is 7.28. The van der Waals surface area contributed by atoms with Gasteiger partial charge in [-0.25, -0.2) is 0 Å². The fourth-order valence-corrected chi connectivity index (χ4v) is 4.59. The minimum atomic E-state index is -0.108. The summed E-state index contributed by atoms with van der Waals surface area (Å²) in [6.45, 7) is 4.00. The van der Waals surface area contributed by atoms with Gasteiger partial charge in [-0.05, 0) is 67.9 Å². The van der Waals surface area contributed by atoms with Crippen LogP contribution in [0, 0.1) is 13.8 Å². The van der Waals surface area contributed by atoms with Crippen LogP contribution >= 0.6 is 39.3 Å². The summed E-state index contributed by atoms with van der Waals surface area (Å²) in [6.07, 6.45) is 0. The largest absolute Gasteiger partial charge is 0.325 e. The molecule has 0 aliphatic rings. The lowest BCUT2D eigenvalue weighted by atomic mass is 10.1. The number of aromatic nitrogens is 3. The molecule has 162 valence electrons. The van der Waals surface area contributed by atoms with Crippen molar-refractivity contribution in [3.8, 4) is 17.1 Å². The molecule has 0 fully saturated rings. The summed E-state index contributed by atoms with van der Waals surface area (Å²) in [5, 5.41) is 13.1. The van der Waals surface area contributed by atoms with Gasteiger partial charge in [0.25, 0.3) is 0 Å². The van der Waals surface area contributed by atoms with Gasteiger partial charge in [0.15, 0.2) is 11.0 Å². The fraction of sp³-hybridized carbons (Fsp3) is 0.125. The van der Waals surface area contributed by atoms with Crippen LogP contribution in [-0.4, -0.2) is 26.4 Å². The van der Waals surface area contributed by atoms with Crippen LogP contribution in [-0.2, 0) is 4.79 Å². The molecule has 0 unspecified atom stereocenters. The van der Waals surface area contributed by atoms with E-state index in [1.807, 2.05) is 79.1 Å². The molecule has 0 radical (unpaired) electrons. The number of aryl methyl sites for hydroxylation is 2. The first-order valence-electron chi connectivity index (χ1n) is 9.88. The third-order valence-corrected chi connectivity index (χ3v) is 6.46. The van der Waals surface area contributed by atoms with Crippen LogP contribution in [0.25, 0.3) is 17.1 Å². The number of carbonyl (C=O) groups is 1. The van der Waals surface area contributed by atoms with Crippen molar-refractivity contribution in [3.63, 3.8) is 0 Å². The molecule has 5 nitrogen and oxygen atoms in total. The predicted molar refractivity (Wildman–Crippen MR) is 135 cm³/mol. The summed E-state index contributed by atoms with van der Waals surface area (Å²) in [4.78, 5) is 12.6. The SMILES string of the molecule is Cc1cccc(-c2nnc(SCC(=O)Nc3ccc(Br)cc3C)n2-c2ccc(Cl)cc2)c1. The van der Waals surface area contributed by atoms with Crippen LogP contribution in [0.3, 0.4) is 0 Å². The number of nitrogens with one attached hydrogen (secondary N) is 1. The number of rotatable bonds is 6. The molecule has 8 heteroatoms. The van der Waals surface area contributed by atoms with E-state index in [9.17, 15) is 4.79 Å². The van der Waals surface area contributed by atoms with Gasteiger partial charge in [0.1, 0.15) is 0 Å². The number of anilines is 1. The van der Waals surface area contributed by atoms with Gasteiger partial charge in [-0.1, -0.05) is 63.1 Å². The topological polar surface area (TPSA) is 59.8 Å². The third-order valence-electron chi connectivity index (χ3n) is 4.79. The molecule has 32 heavy (non-hydrogen) atoms. The van der Waals surface area contributed by atoms with E-state index in [1.54, 1.807) is 0 Å². The summed E-state index contributed by atoms with van der Waals surface area (Å²) in [5.41, 5.74) is 4.74. The Kier molecular flexibility index (Phi) is 6.98. The molecule has 1 N–H and O–H groups in total. The molecule has 3 aromatic carbocycles. The molecule has 0 saturated heterocycles. The lowest BCUT2D eigenvalue weighted by Gasteiger charge is -2.11. The second-order valence-corrected chi connectivity index (χ2v) is 9.58.